The van der Waals surface area contributed by atoms with Crippen molar-refractivity contribution < 1.29 is 9.31 Å². The molecule has 1 N–H and O–H groups in total. The van der Waals surface area contributed by atoms with Crippen molar-refractivity contribution >= 4 is 13.2 Å². The van der Waals surface area contributed by atoms with Gasteiger partial charge in [-0.3, -0.25) is 4.98 Å². The van der Waals surface area contributed by atoms with Crippen molar-refractivity contribution in [2.75, 3.05) is 7.05 Å². The summed E-state index contributed by atoms with van der Waals surface area (Å²) in [5.74, 6) is 1.92. The summed E-state index contributed by atoms with van der Waals surface area (Å²) in [7, 11) is 1.62. The molecule has 2 rings (SSSR count). The Bertz CT molecular complexity index is 496. The lowest BCUT2D eigenvalue weighted by Gasteiger charge is -2.32. The lowest BCUT2D eigenvalue weighted by molar-refractivity contribution is 0.00578. The van der Waals surface area contributed by atoms with Gasteiger partial charge in [0.25, 0.3) is 0 Å². The average Bonchev–Trinajstić information content (AvgIpc) is 2.64. The van der Waals surface area contributed by atoms with Gasteiger partial charge in [-0.1, -0.05) is 12.0 Å². The molecule has 0 aromatic carbocycles. The largest absolute Gasteiger partial charge is 0.487 e. The second-order valence-electron chi connectivity index (χ2n) is 6.51. The molecule has 1 atom stereocenters. The van der Waals surface area contributed by atoms with Gasteiger partial charge in [0, 0.05) is 12.2 Å². The molecule has 0 saturated carbocycles. The highest BCUT2D eigenvalue weighted by Crippen LogP contribution is 2.36. The zero-order valence-electron chi connectivity index (χ0n) is 13.8. The number of nitrogens with one attached hydrogen (secondary N) is 1. The van der Waals surface area contributed by atoms with E-state index in [1.165, 1.54) is 5.56 Å². The molecule has 4 nitrogen and oxygen atoms in total. The molecular formula is C16H25BN2O2. The van der Waals surface area contributed by atoms with E-state index in [0.29, 0.717) is 6.04 Å². The molecule has 0 amide bonds. The van der Waals surface area contributed by atoms with Crippen LogP contribution in [0.5, 0.6) is 0 Å². The second-order valence-corrected chi connectivity index (χ2v) is 6.51. The zero-order valence-corrected chi connectivity index (χ0v) is 13.8. The first-order valence-electron chi connectivity index (χ1n) is 7.42. The zero-order chi connectivity index (χ0) is 15.7. The van der Waals surface area contributed by atoms with Crippen LogP contribution in [0.1, 0.15) is 51.9 Å². The van der Waals surface area contributed by atoms with Crippen LogP contribution in [-0.2, 0) is 9.31 Å². The topological polar surface area (TPSA) is 43.4 Å². The monoisotopic (exact) mass is 288 g/mol. The first kappa shape index (κ1) is 16.2. The Balaban J connectivity index is 2.03. The van der Waals surface area contributed by atoms with Crippen LogP contribution in [0.4, 0.5) is 0 Å². The maximum atomic E-state index is 5.92. The van der Waals surface area contributed by atoms with Crippen LogP contribution < -0.4 is 5.32 Å². The predicted molar refractivity (Wildman–Crippen MR) is 86.8 cm³/mol. The second kappa shape index (κ2) is 5.91. The van der Waals surface area contributed by atoms with E-state index in [1.54, 1.807) is 0 Å². The van der Waals surface area contributed by atoms with Gasteiger partial charge in [-0.25, -0.2) is 0 Å². The molecule has 1 saturated heterocycles. The maximum absolute atomic E-state index is 5.92. The van der Waals surface area contributed by atoms with Crippen molar-refractivity contribution in [2.45, 2.75) is 51.9 Å². The molecule has 2 heterocycles. The van der Waals surface area contributed by atoms with E-state index < -0.39 is 0 Å². The minimum absolute atomic E-state index is 0.304. The van der Waals surface area contributed by atoms with Crippen molar-refractivity contribution in [1.82, 2.24) is 10.3 Å². The van der Waals surface area contributed by atoms with Crippen molar-refractivity contribution in [3.8, 4) is 0 Å². The van der Waals surface area contributed by atoms with Gasteiger partial charge < -0.3 is 14.6 Å². The average molecular weight is 288 g/mol. The third-order valence-corrected chi connectivity index (χ3v) is 4.44. The predicted octanol–water partition coefficient (Wildman–Crippen LogP) is 3.01. The normalized spacial score (nSPS) is 21.9. The number of pyridine rings is 1. The van der Waals surface area contributed by atoms with Crippen LogP contribution >= 0.6 is 0 Å². The summed E-state index contributed by atoms with van der Waals surface area (Å²) in [5, 5.41) is 3.20. The van der Waals surface area contributed by atoms with Crippen molar-refractivity contribution in [2.24, 2.45) is 0 Å². The molecule has 1 fully saturated rings. The molecule has 0 spiro atoms. The molecule has 114 valence electrons. The standard InChI is InChI=1S/C16H25BN2O2/c1-12(18-6)13-7-8-14(19-11-13)9-10-17-20-15(2,3)16(4,5)21-17/h7-12,18H,1-6H3/b10-9+/t12-/m0/s1. The number of hydrogen-bond donors (Lipinski definition) is 1. The Hall–Kier alpha value is -1.17. The van der Waals surface area contributed by atoms with Crippen molar-refractivity contribution in [3.05, 3.63) is 35.6 Å². The fraction of sp³-hybridized carbons (Fsp3) is 0.562. The Morgan fingerprint density at radius 1 is 1.19 bits per heavy atom. The fourth-order valence-corrected chi connectivity index (χ4v) is 2.08. The molecule has 1 aliphatic heterocycles. The summed E-state index contributed by atoms with van der Waals surface area (Å²) in [4.78, 5) is 4.44. The Morgan fingerprint density at radius 3 is 2.29 bits per heavy atom. The molecule has 1 aromatic rings. The molecule has 5 heteroatoms. The van der Waals surface area contributed by atoms with E-state index in [-0.39, 0.29) is 18.3 Å². The summed E-state index contributed by atoms with van der Waals surface area (Å²) in [6, 6.07) is 4.39. The fourth-order valence-electron chi connectivity index (χ4n) is 2.08. The van der Waals surface area contributed by atoms with E-state index in [2.05, 4.69) is 23.3 Å². The van der Waals surface area contributed by atoms with Gasteiger partial charge in [-0.15, -0.1) is 0 Å². The van der Waals surface area contributed by atoms with Gasteiger partial charge in [-0.05, 0) is 59.4 Å². The van der Waals surface area contributed by atoms with Gasteiger partial charge in [0.05, 0.1) is 16.9 Å². The maximum Gasteiger partial charge on any atom is 0.487 e. The van der Waals surface area contributed by atoms with Gasteiger partial charge in [0.2, 0.25) is 0 Å². The minimum Gasteiger partial charge on any atom is -0.400 e. The van der Waals surface area contributed by atoms with Crippen LogP contribution in [0, 0.1) is 0 Å². The third-order valence-electron chi connectivity index (χ3n) is 4.44. The highest BCUT2D eigenvalue weighted by atomic mass is 16.7. The van der Waals surface area contributed by atoms with Crippen LogP contribution in [0.2, 0.25) is 0 Å². The van der Waals surface area contributed by atoms with Gasteiger partial charge >= 0.3 is 7.12 Å². The first-order valence-corrected chi connectivity index (χ1v) is 7.42. The van der Waals surface area contributed by atoms with Gasteiger partial charge in [-0.2, -0.15) is 0 Å². The lowest BCUT2D eigenvalue weighted by Crippen LogP contribution is -2.41. The van der Waals surface area contributed by atoms with Gasteiger partial charge in [0.15, 0.2) is 0 Å². The van der Waals surface area contributed by atoms with E-state index in [9.17, 15) is 0 Å². The molecule has 0 bridgehead atoms. The first-order chi connectivity index (χ1) is 9.75. The van der Waals surface area contributed by atoms with E-state index in [0.717, 1.165) is 5.69 Å². The number of rotatable bonds is 4. The number of aromatic nitrogens is 1. The smallest absolute Gasteiger partial charge is 0.400 e. The quantitative estimate of drug-likeness (QED) is 0.865. The summed E-state index contributed by atoms with van der Waals surface area (Å²) in [6.45, 7) is 10.3. The van der Waals surface area contributed by atoms with E-state index in [4.69, 9.17) is 9.31 Å². The summed E-state index contributed by atoms with van der Waals surface area (Å²) >= 11 is 0. The molecule has 0 aliphatic carbocycles. The summed E-state index contributed by atoms with van der Waals surface area (Å²) < 4.78 is 11.8. The highest BCUT2D eigenvalue weighted by Gasteiger charge is 2.49. The number of nitrogens with zero attached hydrogens (tertiary/aromatic N) is 1. The van der Waals surface area contributed by atoms with Crippen LogP contribution in [-0.4, -0.2) is 30.4 Å². The molecular weight excluding hydrogens is 263 g/mol. The Labute approximate surface area is 128 Å². The molecule has 1 aromatic heterocycles. The number of hydrogen-bond acceptors (Lipinski definition) is 4. The molecule has 0 unspecified atom stereocenters. The summed E-state index contributed by atoms with van der Waals surface area (Å²) in [5.41, 5.74) is 1.46. The Kier molecular flexibility index (Phi) is 4.56. The molecule has 1 aliphatic rings. The van der Waals surface area contributed by atoms with E-state index >= 15 is 0 Å². The highest BCUT2D eigenvalue weighted by molar-refractivity contribution is 6.52. The summed E-state index contributed by atoms with van der Waals surface area (Å²) in [6.07, 6.45) is 3.83. The van der Waals surface area contributed by atoms with Crippen LogP contribution in [0.25, 0.3) is 6.08 Å². The third kappa shape index (κ3) is 3.54. The SMILES string of the molecule is CN[C@@H](C)c1ccc(/C=C/B2OC(C)(C)C(C)(C)O2)nc1. The minimum atomic E-state index is -0.326. The van der Waals surface area contributed by atoms with Crippen molar-refractivity contribution in [1.29, 1.82) is 0 Å². The lowest BCUT2D eigenvalue weighted by atomic mass is 9.89. The van der Waals surface area contributed by atoms with E-state index in [1.807, 2.05) is 59.1 Å². The Morgan fingerprint density at radius 2 is 1.81 bits per heavy atom. The van der Waals surface area contributed by atoms with Gasteiger partial charge in [0.1, 0.15) is 0 Å². The van der Waals surface area contributed by atoms with Crippen molar-refractivity contribution in [3.63, 3.8) is 0 Å². The van der Waals surface area contributed by atoms with Crippen LogP contribution in [0.3, 0.4) is 0 Å². The molecule has 21 heavy (non-hydrogen) atoms. The molecule has 0 radical (unpaired) electrons. The van der Waals surface area contributed by atoms with Crippen LogP contribution in [0.15, 0.2) is 24.3 Å².